The number of amides is 1. The van der Waals surface area contributed by atoms with Gasteiger partial charge in [0.05, 0.1) is 7.11 Å². The van der Waals surface area contributed by atoms with E-state index in [-0.39, 0.29) is 11.5 Å². The number of carbonyl (C=O) groups is 1. The first-order valence-electron chi connectivity index (χ1n) is 13.7. The summed E-state index contributed by atoms with van der Waals surface area (Å²) in [6.45, 7) is 9.30. The van der Waals surface area contributed by atoms with Crippen LogP contribution in [0.1, 0.15) is 70.4 Å². The van der Waals surface area contributed by atoms with E-state index in [9.17, 15) is 4.79 Å². The standard InChI is InChI=1S/C29H40N2O3/c1-27(2,3)34-26(32)31-17-20-15-28-11-10-21(31)24(20)29(28)12-13-30(16-18-8-9-18)23(28)14-19-6-5-7-22(33-4)25(19)29/h5-7,18,20-21,23-24H,8-17H2,1-4H3/t20-,21?,23?,24?,28?,29?/m1/s1. The highest BCUT2D eigenvalue weighted by atomic mass is 16.6. The monoisotopic (exact) mass is 464 g/mol. The van der Waals surface area contributed by atoms with Gasteiger partial charge in [-0.3, -0.25) is 4.90 Å². The van der Waals surface area contributed by atoms with Gasteiger partial charge in [-0.05, 0) is 107 Å². The Kier molecular flexibility index (Phi) is 4.39. The molecule has 1 amide bonds. The number of benzene rings is 1. The Morgan fingerprint density at radius 1 is 1.18 bits per heavy atom. The molecule has 6 aliphatic rings. The normalized spacial score (nSPS) is 40.1. The molecule has 6 atom stereocenters. The molecule has 3 saturated carbocycles. The van der Waals surface area contributed by atoms with Crippen LogP contribution in [0.2, 0.25) is 0 Å². The van der Waals surface area contributed by atoms with Crippen molar-refractivity contribution in [3.8, 4) is 5.75 Å². The minimum absolute atomic E-state index is 0.102. The van der Waals surface area contributed by atoms with Crippen molar-refractivity contribution < 1.29 is 14.3 Å². The van der Waals surface area contributed by atoms with Gasteiger partial charge in [0.1, 0.15) is 11.4 Å². The van der Waals surface area contributed by atoms with E-state index < -0.39 is 5.60 Å². The first kappa shape index (κ1) is 21.5. The van der Waals surface area contributed by atoms with Crippen molar-refractivity contribution in [1.29, 1.82) is 0 Å². The van der Waals surface area contributed by atoms with Crippen molar-refractivity contribution >= 4 is 6.09 Å². The van der Waals surface area contributed by atoms with E-state index in [0.717, 1.165) is 24.6 Å². The molecule has 0 N–H and O–H groups in total. The van der Waals surface area contributed by atoms with Crippen molar-refractivity contribution in [2.45, 2.75) is 88.8 Å². The summed E-state index contributed by atoms with van der Waals surface area (Å²) in [7, 11) is 1.85. The lowest BCUT2D eigenvalue weighted by molar-refractivity contribution is -0.105. The summed E-state index contributed by atoms with van der Waals surface area (Å²) < 4.78 is 12.0. The molecule has 0 spiro atoms. The Morgan fingerprint density at radius 3 is 2.74 bits per heavy atom. The quantitative estimate of drug-likeness (QED) is 0.631. The molecule has 0 radical (unpaired) electrons. The number of hydrogen-bond donors (Lipinski definition) is 0. The molecule has 2 saturated heterocycles. The molecule has 34 heavy (non-hydrogen) atoms. The van der Waals surface area contributed by atoms with Crippen LogP contribution >= 0.6 is 0 Å². The van der Waals surface area contributed by atoms with Crippen molar-refractivity contribution in [3.63, 3.8) is 0 Å². The number of ether oxygens (including phenoxy) is 2. The molecule has 5 fully saturated rings. The van der Waals surface area contributed by atoms with Crippen LogP contribution in [0.25, 0.3) is 0 Å². The van der Waals surface area contributed by atoms with Gasteiger partial charge in [0.25, 0.3) is 0 Å². The van der Waals surface area contributed by atoms with Crippen LogP contribution < -0.4 is 4.74 Å². The summed E-state index contributed by atoms with van der Waals surface area (Å²) in [4.78, 5) is 18.4. The Hall–Kier alpha value is -1.75. The fraction of sp³-hybridized carbons (Fsp3) is 0.759. The fourth-order valence-electron chi connectivity index (χ4n) is 9.70. The summed E-state index contributed by atoms with van der Waals surface area (Å²) >= 11 is 0. The average molecular weight is 465 g/mol. The van der Waals surface area contributed by atoms with Crippen molar-refractivity contribution in [3.05, 3.63) is 29.3 Å². The summed E-state index contributed by atoms with van der Waals surface area (Å²) in [5.74, 6) is 3.11. The van der Waals surface area contributed by atoms with Gasteiger partial charge in [0.15, 0.2) is 0 Å². The maximum absolute atomic E-state index is 13.3. The molecule has 5 nitrogen and oxygen atoms in total. The number of methoxy groups -OCH3 is 1. The molecular formula is C29H40N2O3. The highest BCUT2D eigenvalue weighted by Gasteiger charge is 2.77. The van der Waals surface area contributed by atoms with E-state index in [4.69, 9.17) is 9.47 Å². The molecule has 1 aromatic carbocycles. The predicted molar refractivity (Wildman–Crippen MR) is 131 cm³/mol. The molecule has 184 valence electrons. The largest absolute Gasteiger partial charge is 0.496 e. The van der Waals surface area contributed by atoms with Gasteiger partial charge in [0.2, 0.25) is 0 Å². The lowest BCUT2D eigenvalue weighted by Crippen LogP contribution is -2.70. The Balaban J connectivity index is 1.35. The number of likely N-dealkylation sites (tertiary alicyclic amines) is 2. The zero-order valence-electron chi connectivity index (χ0n) is 21.3. The number of nitrogens with zero attached hydrogens (tertiary/aromatic N) is 2. The smallest absolute Gasteiger partial charge is 0.410 e. The summed E-state index contributed by atoms with van der Waals surface area (Å²) in [5, 5.41) is 0. The Bertz CT molecular complexity index is 1030. The number of carbonyl (C=O) groups excluding carboxylic acids is 1. The Labute approximate surface area is 204 Å². The maximum Gasteiger partial charge on any atom is 0.410 e. The van der Waals surface area contributed by atoms with Crippen LogP contribution in [0.3, 0.4) is 0 Å². The third-order valence-electron chi connectivity index (χ3n) is 10.6. The minimum atomic E-state index is -0.453. The second-order valence-electron chi connectivity index (χ2n) is 13.3. The Morgan fingerprint density at radius 2 is 2.00 bits per heavy atom. The van der Waals surface area contributed by atoms with E-state index in [1.165, 1.54) is 62.7 Å². The van der Waals surface area contributed by atoms with Crippen LogP contribution in [-0.2, 0) is 16.6 Å². The topological polar surface area (TPSA) is 42.0 Å². The van der Waals surface area contributed by atoms with Crippen molar-refractivity contribution in [1.82, 2.24) is 9.80 Å². The zero-order chi connectivity index (χ0) is 23.5. The van der Waals surface area contributed by atoms with Crippen LogP contribution in [0.4, 0.5) is 4.79 Å². The SMILES string of the molecule is COc1cccc2c1C13CCN(CC4CC4)C(C2)C12CCC1C3[C@@H](CN1C(=O)OC(C)(C)C)C2. The molecule has 2 aliphatic heterocycles. The van der Waals surface area contributed by atoms with E-state index >= 15 is 0 Å². The van der Waals surface area contributed by atoms with Gasteiger partial charge in [-0.25, -0.2) is 4.79 Å². The second-order valence-corrected chi connectivity index (χ2v) is 13.3. The number of piperidine rings is 1. The highest BCUT2D eigenvalue weighted by Crippen LogP contribution is 2.76. The van der Waals surface area contributed by atoms with E-state index in [0.29, 0.717) is 29.3 Å². The molecule has 2 heterocycles. The number of rotatable bonds is 3. The van der Waals surface area contributed by atoms with Gasteiger partial charge in [0, 0.05) is 36.2 Å². The average Bonchev–Trinajstić information content (AvgIpc) is 3.47. The molecular weight excluding hydrogens is 424 g/mol. The van der Waals surface area contributed by atoms with Crippen LogP contribution in [-0.4, -0.2) is 60.3 Å². The van der Waals surface area contributed by atoms with Gasteiger partial charge in [-0.1, -0.05) is 12.1 Å². The van der Waals surface area contributed by atoms with Crippen LogP contribution in [0.15, 0.2) is 18.2 Å². The van der Waals surface area contributed by atoms with E-state index in [2.05, 4.69) is 28.0 Å². The third-order valence-corrected chi connectivity index (χ3v) is 10.6. The van der Waals surface area contributed by atoms with Gasteiger partial charge in [-0.15, -0.1) is 0 Å². The van der Waals surface area contributed by atoms with Gasteiger partial charge in [-0.2, -0.15) is 0 Å². The summed E-state index contributed by atoms with van der Waals surface area (Å²) in [6.07, 6.45) is 8.73. The van der Waals surface area contributed by atoms with Crippen molar-refractivity contribution in [2.24, 2.45) is 23.2 Å². The molecule has 4 bridgehead atoms. The first-order valence-corrected chi connectivity index (χ1v) is 13.7. The lowest BCUT2D eigenvalue weighted by atomic mass is 9.43. The lowest BCUT2D eigenvalue weighted by Gasteiger charge is -2.66. The molecule has 7 rings (SSSR count). The fourth-order valence-corrected chi connectivity index (χ4v) is 9.70. The van der Waals surface area contributed by atoms with Crippen molar-refractivity contribution in [2.75, 3.05) is 26.7 Å². The molecule has 0 aromatic heterocycles. The van der Waals surface area contributed by atoms with E-state index in [1.807, 2.05) is 27.9 Å². The molecule has 1 aromatic rings. The molecule has 5 unspecified atom stereocenters. The number of hydrogen-bond acceptors (Lipinski definition) is 4. The second kappa shape index (κ2) is 6.93. The third kappa shape index (κ3) is 2.68. The zero-order valence-corrected chi connectivity index (χ0v) is 21.3. The van der Waals surface area contributed by atoms with Gasteiger partial charge >= 0.3 is 6.09 Å². The van der Waals surface area contributed by atoms with Crippen LogP contribution in [0, 0.1) is 23.2 Å². The molecule has 4 aliphatic carbocycles. The number of fused-ring (bicyclic) bond motifs is 1. The van der Waals surface area contributed by atoms with E-state index in [1.54, 1.807) is 0 Å². The summed E-state index contributed by atoms with van der Waals surface area (Å²) in [5.41, 5.74) is 3.03. The predicted octanol–water partition coefficient (Wildman–Crippen LogP) is 5.01. The first-order chi connectivity index (χ1) is 16.3. The van der Waals surface area contributed by atoms with Crippen LogP contribution in [0.5, 0.6) is 5.75 Å². The highest BCUT2D eigenvalue weighted by molar-refractivity contribution is 5.70. The maximum atomic E-state index is 13.3. The van der Waals surface area contributed by atoms with Gasteiger partial charge < -0.3 is 14.4 Å². The minimum Gasteiger partial charge on any atom is -0.496 e. The molecule has 5 heteroatoms. The summed E-state index contributed by atoms with van der Waals surface area (Å²) in [6, 6.07) is 7.70.